The van der Waals surface area contributed by atoms with Crippen molar-refractivity contribution < 1.29 is 9.53 Å². The number of carbonyl (C=O) groups excluding carboxylic acids is 1. The molecule has 2 heteroatoms. The van der Waals surface area contributed by atoms with Crippen molar-refractivity contribution in [2.75, 3.05) is 0 Å². The van der Waals surface area contributed by atoms with Gasteiger partial charge in [0, 0.05) is 5.57 Å². The molecular weight excluding hydrogens is 152 g/mol. The minimum Gasteiger partial charge on any atom is -0.459 e. The Morgan fingerprint density at radius 2 is 2.17 bits per heavy atom. The molecule has 0 rings (SSSR count). The molecule has 0 bridgehead atoms. The topological polar surface area (TPSA) is 26.3 Å². The fourth-order valence-electron chi connectivity index (χ4n) is 0.859. The van der Waals surface area contributed by atoms with Gasteiger partial charge in [-0.15, -0.1) is 0 Å². The molecule has 12 heavy (non-hydrogen) atoms. The number of esters is 1. The van der Waals surface area contributed by atoms with E-state index < -0.39 is 0 Å². The van der Waals surface area contributed by atoms with Gasteiger partial charge in [-0.25, -0.2) is 4.79 Å². The number of ether oxygens (including phenoxy) is 1. The van der Waals surface area contributed by atoms with Crippen LogP contribution in [0.1, 0.15) is 40.5 Å². The Morgan fingerprint density at radius 3 is 2.58 bits per heavy atom. The van der Waals surface area contributed by atoms with Crippen molar-refractivity contribution in [1.82, 2.24) is 0 Å². The molecule has 0 saturated heterocycles. The van der Waals surface area contributed by atoms with Crippen LogP contribution in [0.4, 0.5) is 0 Å². The van der Waals surface area contributed by atoms with Gasteiger partial charge >= 0.3 is 5.97 Å². The zero-order valence-electron chi connectivity index (χ0n) is 8.39. The van der Waals surface area contributed by atoms with E-state index in [9.17, 15) is 4.79 Å². The molecule has 1 atom stereocenters. The number of hydrogen-bond acceptors (Lipinski definition) is 2. The van der Waals surface area contributed by atoms with E-state index in [0.717, 1.165) is 12.8 Å². The van der Waals surface area contributed by atoms with Crippen LogP contribution in [-0.4, -0.2) is 12.1 Å². The van der Waals surface area contributed by atoms with Crippen molar-refractivity contribution in [2.45, 2.75) is 46.6 Å². The van der Waals surface area contributed by atoms with E-state index in [1.54, 1.807) is 13.0 Å². The molecular formula is C10H18O2. The van der Waals surface area contributed by atoms with Gasteiger partial charge in [-0.2, -0.15) is 0 Å². The first kappa shape index (κ1) is 11.2. The predicted octanol–water partition coefficient (Wildman–Crippen LogP) is 2.68. The molecule has 0 heterocycles. The summed E-state index contributed by atoms with van der Waals surface area (Å²) >= 11 is 0. The highest BCUT2D eigenvalue weighted by Gasteiger charge is 2.08. The highest BCUT2D eigenvalue weighted by Crippen LogP contribution is 2.04. The lowest BCUT2D eigenvalue weighted by Crippen LogP contribution is -2.15. The summed E-state index contributed by atoms with van der Waals surface area (Å²) in [5, 5.41) is 0. The highest BCUT2D eigenvalue weighted by molar-refractivity contribution is 5.87. The van der Waals surface area contributed by atoms with Crippen molar-refractivity contribution in [2.24, 2.45) is 0 Å². The average molecular weight is 170 g/mol. The van der Waals surface area contributed by atoms with Crippen LogP contribution in [0.5, 0.6) is 0 Å². The maximum Gasteiger partial charge on any atom is 0.333 e. The number of carbonyl (C=O) groups is 1. The van der Waals surface area contributed by atoms with Crippen LogP contribution in [0, 0.1) is 0 Å². The average Bonchev–Trinajstić information content (AvgIpc) is 2.03. The molecule has 0 fully saturated rings. The van der Waals surface area contributed by atoms with Gasteiger partial charge in [0.1, 0.15) is 0 Å². The minimum absolute atomic E-state index is 0.0393. The molecule has 2 nitrogen and oxygen atoms in total. The summed E-state index contributed by atoms with van der Waals surface area (Å²) in [6, 6.07) is 0. The summed E-state index contributed by atoms with van der Waals surface area (Å²) in [4.78, 5) is 11.2. The Bertz CT molecular complexity index is 171. The van der Waals surface area contributed by atoms with Crippen molar-refractivity contribution >= 4 is 5.97 Å². The van der Waals surface area contributed by atoms with Crippen LogP contribution in [0.25, 0.3) is 0 Å². The molecule has 0 radical (unpaired) electrons. The fraction of sp³-hybridized carbons (Fsp3) is 0.700. The summed E-state index contributed by atoms with van der Waals surface area (Å²) in [6.45, 7) is 7.60. The molecule has 0 aliphatic heterocycles. The first-order chi connectivity index (χ1) is 5.61. The molecule has 0 amide bonds. The van der Waals surface area contributed by atoms with Gasteiger partial charge in [0.25, 0.3) is 0 Å². The summed E-state index contributed by atoms with van der Waals surface area (Å²) in [5.74, 6) is -0.196. The van der Waals surface area contributed by atoms with Crippen molar-refractivity contribution in [3.8, 4) is 0 Å². The highest BCUT2D eigenvalue weighted by atomic mass is 16.5. The lowest BCUT2D eigenvalue weighted by atomic mass is 10.2. The number of rotatable bonds is 4. The molecule has 70 valence electrons. The molecule has 0 N–H and O–H groups in total. The molecule has 0 aliphatic rings. The predicted molar refractivity (Wildman–Crippen MR) is 49.9 cm³/mol. The van der Waals surface area contributed by atoms with E-state index >= 15 is 0 Å². The summed E-state index contributed by atoms with van der Waals surface area (Å²) in [7, 11) is 0. The summed E-state index contributed by atoms with van der Waals surface area (Å²) < 4.78 is 5.14. The van der Waals surface area contributed by atoms with Gasteiger partial charge in [-0.1, -0.05) is 19.4 Å². The minimum atomic E-state index is -0.196. The maximum absolute atomic E-state index is 11.2. The monoisotopic (exact) mass is 170 g/mol. The summed E-state index contributed by atoms with van der Waals surface area (Å²) in [6.07, 6.45) is 3.78. The van der Waals surface area contributed by atoms with Crippen LogP contribution in [0.15, 0.2) is 11.6 Å². The third kappa shape index (κ3) is 4.16. The smallest absolute Gasteiger partial charge is 0.333 e. The number of hydrogen-bond donors (Lipinski definition) is 0. The van der Waals surface area contributed by atoms with Crippen LogP contribution >= 0.6 is 0 Å². The molecule has 0 saturated carbocycles. The number of allylic oxidation sites excluding steroid dienone is 1. The van der Waals surface area contributed by atoms with Gasteiger partial charge in [0.15, 0.2) is 0 Å². The van der Waals surface area contributed by atoms with E-state index in [0.29, 0.717) is 5.57 Å². The van der Waals surface area contributed by atoms with Crippen LogP contribution < -0.4 is 0 Å². The second-order valence-electron chi connectivity index (χ2n) is 2.98. The Hall–Kier alpha value is -0.790. The molecule has 0 aromatic heterocycles. The van der Waals surface area contributed by atoms with E-state index in [1.165, 1.54) is 0 Å². The van der Waals surface area contributed by atoms with E-state index in [1.807, 2.05) is 13.8 Å². The second kappa shape index (κ2) is 5.81. The lowest BCUT2D eigenvalue weighted by molar-refractivity contribution is -0.143. The Labute approximate surface area is 74.6 Å². The molecule has 0 spiro atoms. The van der Waals surface area contributed by atoms with Crippen molar-refractivity contribution in [1.29, 1.82) is 0 Å². The maximum atomic E-state index is 11.2. The fourth-order valence-corrected chi connectivity index (χ4v) is 0.859. The first-order valence-corrected chi connectivity index (χ1v) is 4.45. The van der Waals surface area contributed by atoms with Crippen LogP contribution in [0.2, 0.25) is 0 Å². The van der Waals surface area contributed by atoms with E-state index in [2.05, 4.69) is 6.92 Å². The van der Waals surface area contributed by atoms with Crippen LogP contribution in [0.3, 0.4) is 0 Å². The Morgan fingerprint density at radius 1 is 1.58 bits per heavy atom. The third-order valence-electron chi connectivity index (χ3n) is 1.76. The van der Waals surface area contributed by atoms with Gasteiger partial charge in [0.05, 0.1) is 6.10 Å². The largest absolute Gasteiger partial charge is 0.459 e. The molecule has 0 aromatic rings. The normalized spacial score (nSPS) is 14.2. The zero-order valence-corrected chi connectivity index (χ0v) is 8.39. The third-order valence-corrected chi connectivity index (χ3v) is 1.76. The van der Waals surface area contributed by atoms with E-state index in [-0.39, 0.29) is 12.1 Å². The van der Waals surface area contributed by atoms with E-state index in [4.69, 9.17) is 4.74 Å². The summed E-state index contributed by atoms with van der Waals surface area (Å²) in [5.41, 5.74) is 0.679. The quantitative estimate of drug-likeness (QED) is 0.479. The lowest BCUT2D eigenvalue weighted by Gasteiger charge is -2.11. The van der Waals surface area contributed by atoms with Gasteiger partial charge in [0.2, 0.25) is 0 Å². The van der Waals surface area contributed by atoms with Crippen molar-refractivity contribution in [3.05, 3.63) is 11.6 Å². The standard InChI is InChI=1S/C10H18O2/c1-5-7-9(4)12-10(11)8(3)6-2/h6,9H,5,7H2,1-4H3/b8-6-. The molecule has 0 aliphatic carbocycles. The first-order valence-electron chi connectivity index (χ1n) is 4.45. The van der Waals surface area contributed by atoms with Gasteiger partial charge in [-0.05, 0) is 27.2 Å². The van der Waals surface area contributed by atoms with Crippen LogP contribution in [-0.2, 0) is 9.53 Å². The Kier molecular flexibility index (Phi) is 5.43. The second-order valence-corrected chi connectivity index (χ2v) is 2.98. The van der Waals surface area contributed by atoms with Gasteiger partial charge in [-0.3, -0.25) is 0 Å². The van der Waals surface area contributed by atoms with Gasteiger partial charge < -0.3 is 4.74 Å². The molecule has 1 unspecified atom stereocenters. The molecule has 0 aromatic carbocycles. The van der Waals surface area contributed by atoms with Crippen molar-refractivity contribution in [3.63, 3.8) is 0 Å². The SMILES string of the molecule is C/C=C(/C)C(=O)OC(C)CCC. The Balaban J connectivity index is 3.84. The zero-order chi connectivity index (χ0) is 9.56.